The molecule has 22 heavy (non-hydrogen) atoms. The second-order valence-electron chi connectivity index (χ2n) is 4.70. The molecule has 112 valence electrons. The number of thiazole rings is 1. The van der Waals surface area contributed by atoms with E-state index in [0.717, 1.165) is 11.3 Å². The van der Waals surface area contributed by atoms with Gasteiger partial charge in [0, 0.05) is 23.1 Å². The molecule has 0 aliphatic carbocycles. The van der Waals surface area contributed by atoms with E-state index in [1.54, 1.807) is 31.4 Å². The van der Waals surface area contributed by atoms with E-state index in [9.17, 15) is 4.79 Å². The van der Waals surface area contributed by atoms with E-state index >= 15 is 0 Å². The molecular formula is C17H16N2O2S. The Morgan fingerprint density at radius 3 is 2.82 bits per heavy atom. The molecule has 0 N–H and O–H groups in total. The second-order valence-corrected chi connectivity index (χ2v) is 5.56. The van der Waals surface area contributed by atoms with Crippen molar-refractivity contribution in [2.75, 3.05) is 7.11 Å². The Morgan fingerprint density at radius 2 is 2.27 bits per heavy atom. The van der Waals surface area contributed by atoms with E-state index in [1.807, 2.05) is 19.2 Å². The van der Waals surface area contributed by atoms with Crippen LogP contribution in [0.4, 0.5) is 0 Å². The van der Waals surface area contributed by atoms with Gasteiger partial charge in [0.1, 0.15) is 10.8 Å². The summed E-state index contributed by atoms with van der Waals surface area (Å²) >= 11 is 1.45. The Hall–Kier alpha value is -2.45. The highest BCUT2D eigenvalue weighted by atomic mass is 32.1. The first-order valence-electron chi connectivity index (χ1n) is 6.84. The summed E-state index contributed by atoms with van der Waals surface area (Å²) in [6, 6.07) is 7.22. The van der Waals surface area contributed by atoms with Crippen LogP contribution < -0.4 is 4.74 Å². The van der Waals surface area contributed by atoms with Crippen LogP contribution in [0.15, 0.2) is 23.6 Å². The lowest BCUT2D eigenvalue weighted by molar-refractivity contribution is -0.113. The molecule has 0 unspecified atom stereocenters. The molecule has 0 atom stereocenters. The number of ketones is 1. The summed E-state index contributed by atoms with van der Waals surface area (Å²) in [5.74, 6) is 0.592. The van der Waals surface area contributed by atoms with Gasteiger partial charge in [0.15, 0.2) is 5.78 Å². The molecule has 0 bridgehead atoms. The van der Waals surface area contributed by atoms with Crippen LogP contribution >= 0.6 is 11.3 Å². The first kappa shape index (κ1) is 15.9. The van der Waals surface area contributed by atoms with Gasteiger partial charge in [-0.05, 0) is 31.2 Å². The average Bonchev–Trinajstić information content (AvgIpc) is 2.97. The molecule has 0 aliphatic heterocycles. The summed E-state index contributed by atoms with van der Waals surface area (Å²) in [4.78, 5) is 16.7. The van der Waals surface area contributed by atoms with Crippen molar-refractivity contribution in [1.29, 1.82) is 5.26 Å². The van der Waals surface area contributed by atoms with Gasteiger partial charge in [-0.2, -0.15) is 5.26 Å². The number of ether oxygens (including phenoxy) is 1. The topological polar surface area (TPSA) is 63.0 Å². The number of aryl methyl sites for hydroxylation is 1. The predicted molar refractivity (Wildman–Crippen MR) is 87.7 cm³/mol. The fourth-order valence-electron chi connectivity index (χ4n) is 1.99. The lowest BCUT2D eigenvalue weighted by atomic mass is 10.0. The minimum absolute atomic E-state index is 0.0285. The number of rotatable bonds is 5. The first-order valence-corrected chi connectivity index (χ1v) is 7.72. The maximum atomic E-state index is 12.3. The smallest absolute Gasteiger partial charge is 0.165 e. The molecular weight excluding hydrogens is 296 g/mol. The van der Waals surface area contributed by atoms with E-state index in [4.69, 9.17) is 10.00 Å². The van der Waals surface area contributed by atoms with Gasteiger partial charge >= 0.3 is 0 Å². The molecule has 2 rings (SSSR count). The van der Waals surface area contributed by atoms with Crippen molar-refractivity contribution >= 4 is 28.8 Å². The summed E-state index contributed by atoms with van der Waals surface area (Å²) in [5.41, 5.74) is 2.74. The number of benzene rings is 1. The van der Waals surface area contributed by atoms with Crippen molar-refractivity contribution in [1.82, 2.24) is 4.98 Å². The number of methoxy groups -OCH3 is 1. The zero-order valence-electron chi connectivity index (χ0n) is 12.7. The van der Waals surface area contributed by atoms with Crippen molar-refractivity contribution in [3.8, 4) is 11.8 Å². The van der Waals surface area contributed by atoms with Crippen molar-refractivity contribution in [2.45, 2.75) is 20.3 Å². The third kappa shape index (κ3) is 3.41. The molecule has 0 saturated carbocycles. The fourth-order valence-corrected chi connectivity index (χ4v) is 2.82. The summed E-state index contributed by atoms with van der Waals surface area (Å²) in [7, 11) is 1.54. The van der Waals surface area contributed by atoms with Crippen LogP contribution in [0.2, 0.25) is 0 Å². The number of carbonyl (C=O) groups is 1. The lowest BCUT2D eigenvalue weighted by Crippen LogP contribution is -2.00. The van der Waals surface area contributed by atoms with E-state index in [1.165, 1.54) is 11.3 Å². The summed E-state index contributed by atoms with van der Waals surface area (Å²) in [6.07, 6.45) is 2.19. The standard InChI is InChI=1S/C17H16N2O2S/c1-4-15(20)14(17-19-11(2)10-22-17)8-13-6-5-12(9-18)7-16(13)21-3/h5-8,10H,4H2,1-3H3. The third-order valence-electron chi connectivity index (χ3n) is 3.13. The van der Waals surface area contributed by atoms with E-state index in [-0.39, 0.29) is 5.78 Å². The number of Topliss-reactive ketones (excluding diaryl/α,β-unsaturated/α-hetero) is 1. The maximum absolute atomic E-state index is 12.3. The van der Waals surface area contributed by atoms with Crippen molar-refractivity contribution < 1.29 is 9.53 Å². The summed E-state index contributed by atoms with van der Waals surface area (Å²) in [5, 5.41) is 11.6. The quantitative estimate of drug-likeness (QED) is 0.787. The summed E-state index contributed by atoms with van der Waals surface area (Å²) < 4.78 is 5.32. The van der Waals surface area contributed by atoms with Crippen molar-refractivity contribution in [2.24, 2.45) is 0 Å². The Balaban J connectivity index is 2.55. The predicted octanol–water partition coefficient (Wildman–Crippen LogP) is 3.85. The molecule has 5 heteroatoms. The number of hydrogen-bond acceptors (Lipinski definition) is 5. The number of nitrogens with zero attached hydrogens (tertiary/aromatic N) is 2. The average molecular weight is 312 g/mol. The molecule has 0 amide bonds. The van der Waals surface area contributed by atoms with Gasteiger partial charge in [-0.1, -0.05) is 6.92 Å². The zero-order chi connectivity index (χ0) is 16.1. The Kier molecular flexibility index (Phi) is 5.08. The molecule has 4 nitrogen and oxygen atoms in total. The number of aromatic nitrogens is 1. The number of hydrogen-bond donors (Lipinski definition) is 0. The van der Waals surface area contributed by atoms with Crippen molar-refractivity contribution in [3.05, 3.63) is 45.4 Å². The molecule has 1 heterocycles. The first-order chi connectivity index (χ1) is 10.6. The van der Waals surface area contributed by atoms with Crippen LogP contribution in [0.5, 0.6) is 5.75 Å². The number of carbonyl (C=O) groups excluding carboxylic acids is 1. The van der Waals surface area contributed by atoms with Crippen LogP contribution in [-0.2, 0) is 4.79 Å². The van der Waals surface area contributed by atoms with Crippen LogP contribution in [0.1, 0.15) is 35.2 Å². The minimum Gasteiger partial charge on any atom is -0.496 e. The Bertz CT molecular complexity index is 769. The van der Waals surface area contributed by atoms with Crippen LogP contribution in [0.25, 0.3) is 11.6 Å². The highest BCUT2D eigenvalue weighted by Gasteiger charge is 2.15. The molecule has 1 aromatic carbocycles. The van der Waals surface area contributed by atoms with E-state index < -0.39 is 0 Å². The van der Waals surface area contributed by atoms with Gasteiger partial charge in [-0.15, -0.1) is 11.3 Å². The number of nitriles is 1. The van der Waals surface area contributed by atoms with Crippen LogP contribution in [-0.4, -0.2) is 17.9 Å². The highest BCUT2D eigenvalue weighted by Crippen LogP contribution is 2.28. The van der Waals surface area contributed by atoms with Crippen LogP contribution in [0.3, 0.4) is 0 Å². The zero-order valence-corrected chi connectivity index (χ0v) is 13.5. The van der Waals surface area contributed by atoms with Gasteiger partial charge in [-0.3, -0.25) is 4.79 Å². The maximum Gasteiger partial charge on any atom is 0.165 e. The largest absolute Gasteiger partial charge is 0.496 e. The van der Waals surface area contributed by atoms with Gasteiger partial charge < -0.3 is 4.74 Å². The molecule has 0 aliphatic rings. The Morgan fingerprint density at radius 1 is 1.50 bits per heavy atom. The summed E-state index contributed by atoms with van der Waals surface area (Å²) in [6.45, 7) is 3.73. The normalized spacial score (nSPS) is 11.1. The van der Waals surface area contributed by atoms with Gasteiger partial charge in [0.25, 0.3) is 0 Å². The fraction of sp³-hybridized carbons (Fsp3) is 0.235. The number of allylic oxidation sites excluding steroid dienone is 1. The molecule has 1 aromatic heterocycles. The van der Waals surface area contributed by atoms with Crippen molar-refractivity contribution in [3.63, 3.8) is 0 Å². The van der Waals surface area contributed by atoms with Gasteiger partial charge in [0.05, 0.1) is 24.3 Å². The SMILES string of the molecule is CCC(=O)C(=Cc1ccc(C#N)cc1OC)c1nc(C)cs1. The lowest BCUT2D eigenvalue weighted by Gasteiger charge is -2.07. The monoisotopic (exact) mass is 312 g/mol. The van der Waals surface area contributed by atoms with Gasteiger partial charge in [-0.25, -0.2) is 4.98 Å². The minimum atomic E-state index is 0.0285. The molecule has 2 aromatic rings. The van der Waals surface area contributed by atoms with Gasteiger partial charge in [0.2, 0.25) is 0 Å². The van der Waals surface area contributed by atoms with E-state index in [2.05, 4.69) is 11.1 Å². The highest BCUT2D eigenvalue weighted by molar-refractivity contribution is 7.11. The molecule has 0 saturated heterocycles. The molecule has 0 fully saturated rings. The Labute approximate surface area is 133 Å². The second kappa shape index (κ2) is 7.01. The molecule has 0 spiro atoms. The third-order valence-corrected chi connectivity index (χ3v) is 4.13. The molecule has 0 radical (unpaired) electrons. The van der Waals surface area contributed by atoms with Crippen LogP contribution in [0, 0.1) is 18.3 Å². The van der Waals surface area contributed by atoms with E-state index in [0.29, 0.717) is 28.3 Å².